The molecule has 2 N–H and O–H groups in total. The van der Waals surface area contributed by atoms with E-state index >= 15 is 0 Å². The van der Waals surface area contributed by atoms with E-state index in [4.69, 9.17) is 0 Å². The summed E-state index contributed by atoms with van der Waals surface area (Å²) in [4.78, 5) is 0. The SMILES string of the molecule is C=C1CCC[C@]2(C)CC[C@@H]([C@](C)(O)CO)C[C@H]12. The highest BCUT2D eigenvalue weighted by Gasteiger charge is 2.46. The maximum atomic E-state index is 10.2. The molecule has 2 aliphatic rings. The van der Waals surface area contributed by atoms with Crippen molar-refractivity contribution in [3.63, 3.8) is 0 Å². The van der Waals surface area contributed by atoms with Crippen molar-refractivity contribution in [3.8, 4) is 0 Å². The summed E-state index contributed by atoms with van der Waals surface area (Å²) in [6, 6.07) is 0. The van der Waals surface area contributed by atoms with Gasteiger partial charge in [-0.3, -0.25) is 0 Å². The maximum Gasteiger partial charge on any atom is 0.0877 e. The third kappa shape index (κ3) is 2.30. The first-order chi connectivity index (χ1) is 7.89. The molecule has 17 heavy (non-hydrogen) atoms. The van der Waals surface area contributed by atoms with E-state index in [2.05, 4.69) is 13.5 Å². The van der Waals surface area contributed by atoms with Crippen molar-refractivity contribution in [2.75, 3.05) is 6.61 Å². The van der Waals surface area contributed by atoms with E-state index in [1.54, 1.807) is 6.92 Å². The summed E-state index contributed by atoms with van der Waals surface area (Å²) in [6.45, 7) is 8.26. The average Bonchev–Trinajstić information content (AvgIpc) is 2.28. The molecule has 0 radical (unpaired) electrons. The van der Waals surface area contributed by atoms with Gasteiger partial charge in [-0.1, -0.05) is 19.1 Å². The van der Waals surface area contributed by atoms with Gasteiger partial charge in [0, 0.05) is 0 Å². The lowest BCUT2D eigenvalue weighted by Crippen LogP contribution is -2.46. The predicted molar refractivity (Wildman–Crippen MR) is 69.6 cm³/mol. The van der Waals surface area contributed by atoms with Crippen molar-refractivity contribution in [1.82, 2.24) is 0 Å². The molecule has 0 heterocycles. The predicted octanol–water partition coefficient (Wildman–Crippen LogP) is 2.89. The van der Waals surface area contributed by atoms with Crippen LogP contribution in [0.1, 0.15) is 52.4 Å². The van der Waals surface area contributed by atoms with Crippen molar-refractivity contribution < 1.29 is 10.2 Å². The van der Waals surface area contributed by atoms with Gasteiger partial charge in [0.2, 0.25) is 0 Å². The fourth-order valence-electron chi connectivity index (χ4n) is 3.91. The zero-order valence-corrected chi connectivity index (χ0v) is 11.2. The van der Waals surface area contributed by atoms with Gasteiger partial charge in [-0.15, -0.1) is 0 Å². The summed E-state index contributed by atoms with van der Waals surface area (Å²) in [7, 11) is 0. The van der Waals surface area contributed by atoms with Crippen molar-refractivity contribution in [2.45, 2.75) is 58.0 Å². The van der Waals surface area contributed by atoms with Gasteiger partial charge in [-0.2, -0.15) is 0 Å². The van der Waals surface area contributed by atoms with Gasteiger partial charge in [-0.25, -0.2) is 0 Å². The molecule has 2 aliphatic carbocycles. The largest absolute Gasteiger partial charge is 0.393 e. The molecule has 0 spiro atoms. The normalized spacial score (nSPS) is 41.8. The van der Waals surface area contributed by atoms with E-state index in [0.717, 1.165) is 25.7 Å². The second-order valence-electron chi connectivity index (χ2n) is 6.71. The van der Waals surface area contributed by atoms with E-state index in [9.17, 15) is 10.2 Å². The second-order valence-corrected chi connectivity index (χ2v) is 6.71. The van der Waals surface area contributed by atoms with Gasteiger partial charge in [0.25, 0.3) is 0 Å². The average molecular weight is 238 g/mol. The Hall–Kier alpha value is -0.340. The standard InChI is InChI=1S/C15H26O2/c1-11-5-4-7-14(2)8-6-12(9-13(11)14)15(3,17)10-16/h12-13,16-17H,1,4-10H2,2-3H3/t12-,13-,14-,15-/m1/s1. The van der Waals surface area contributed by atoms with Crippen LogP contribution in [0.5, 0.6) is 0 Å². The minimum absolute atomic E-state index is 0.131. The number of allylic oxidation sites excluding steroid dienone is 1. The smallest absolute Gasteiger partial charge is 0.0877 e. The number of aliphatic hydroxyl groups is 2. The molecular weight excluding hydrogens is 212 g/mol. The summed E-state index contributed by atoms with van der Waals surface area (Å²) in [6.07, 6.45) is 6.92. The third-order valence-electron chi connectivity index (χ3n) is 5.36. The Kier molecular flexibility index (Phi) is 3.39. The molecule has 0 aromatic rings. The Morgan fingerprint density at radius 3 is 2.82 bits per heavy atom. The Morgan fingerprint density at radius 1 is 1.47 bits per heavy atom. The lowest BCUT2D eigenvalue weighted by molar-refractivity contribution is -0.0821. The van der Waals surface area contributed by atoms with E-state index in [1.807, 2.05) is 0 Å². The Balaban J connectivity index is 2.14. The second kappa shape index (κ2) is 4.40. The minimum atomic E-state index is -0.918. The van der Waals surface area contributed by atoms with E-state index in [0.29, 0.717) is 11.3 Å². The Morgan fingerprint density at radius 2 is 2.18 bits per heavy atom. The zero-order chi connectivity index (χ0) is 12.7. The molecule has 0 amide bonds. The maximum absolute atomic E-state index is 10.2. The van der Waals surface area contributed by atoms with E-state index in [1.165, 1.54) is 18.4 Å². The molecule has 4 atom stereocenters. The zero-order valence-electron chi connectivity index (χ0n) is 11.2. The fourth-order valence-corrected chi connectivity index (χ4v) is 3.91. The molecule has 0 aliphatic heterocycles. The monoisotopic (exact) mass is 238 g/mol. The van der Waals surface area contributed by atoms with E-state index < -0.39 is 5.60 Å². The minimum Gasteiger partial charge on any atom is -0.393 e. The molecule has 2 rings (SSSR count). The summed E-state index contributed by atoms with van der Waals surface area (Å²) in [5.74, 6) is 0.772. The summed E-state index contributed by atoms with van der Waals surface area (Å²) >= 11 is 0. The lowest BCUT2D eigenvalue weighted by atomic mass is 9.55. The van der Waals surface area contributed by atoms with Crippen LogP contribution in [0.4, 0.5) is 0 Å². The van der Waals surface area contributed by atoms with Crippen molar-refractivity contribution in [2.24, 2.45) is 17.3 Å². The first-order valence-corrected chi connectivity index (χ1v) is 6.90. The van der Waals surface area contributed by atoms with Gasteiger partial charge < -0.3 is 10.2 Å². The van der Waals surface area contributed by atoms with Gasteiger partial charge in [0.1, 0.15) is 0 Å². The van der Waals surface area contributed by atoms with Crippen LogP contribution in [0.15, 0.2) is 12.2 Å². The lowest BCUT2D eigenvalue weighted by Gasteiger charge is -2.51. The summed E-state index contributed by atoms with van der Waals surface area (Å²) in [5.41, 5.74) is 0.855. The van der Waals surface area contributed by atoms with E-state index in [-0.39, 0.29) is 12.5 Å². The van der Waals surface area contributed by atoms with Gasteiger partial charge in [0.15, 0.2) is 0 Å². The summed E-state index contributed by atoms with van der Waals surface area (Å²) < 4.78 is 0. The highest BCUT2D eigenvalue weighted by Crippen LogP contribution is 2.54. The van der Waals surface area contributed by atoms with Crippen LogP contribution in [0.25, 0.3) is 0 Å². The first-order valence-electron chi connectivity index (χ1n) is 6.90. The third-order valence-corrected chi connectivity index (χ3v) is 5.36. The first kappa shape index (κ1) is 13.1. The molecule has 2 nitrogen and oxygen atoms in total. The van der Waals surface area contributed by atoms with Crippen molar-refractivity contribution >= 4 is 0 Å². The number of aliphatic hydroxyl groups excluding tert-OH is 1. The quantitative estimate of drug-likeness (QED) is 0.726. The van der Waals surface area contributed by atoms with Crippen molar-refractivity contribution in [1.29, 1.82) is 0 Å². The molecule has 0 aromatic heterocycles. The van der Waals surface area contributed by atoms with Gasteiger partial charge >= 0.3 is 0 Å². The van der Waals surface area contributed by atoms with Crippen LogP contribution in [-0.4, -0.2) is 22.4 Å². The van der Waals surface area contributed by atoms with Crippen molar-refractivity contribution in [3.05, 3.63) is 12.2 Å². The number of fused-ring (bicyclic) bond motifs is 1. The number of rotatable bonds is 2. The molecule has 0 saturated heterocycles. The molecule has 0 aromatic carbocycles. The topological polar surface area (TPSA) is 40.5 Å². The molecule has 0 bridgehead atoms. The van der Waals surface area contributed by atoms with Gasteiger partial charge in [0.05, 0.1) is 12.2 Å². The summed E-state index contributed by atoms with van der Waals surface area (Å²) in [5, 5.41) is 19.5. The van der Waals surface area contributed by atoms with Crippen LogP contribution in [-0.2, 0) is 0 Å². The highest BCUT2D eigenvalue weighted by atomic mass is 16.3. The highest BCUT2D eigenvalue weighted by molar-refractivity contribution is 5.13. The molecular formula is C15H26O2. The fraction of sp³-hybridized carbons (Fsp3) is 0.867. The van der Waals surface area contributed by atoms with Crippen LogP contribution in [0.3, 0.4) is 0 Å². The van der Waals surface area contributed by atoms with Crippen LogP contribution < -0.4 is 0 Å². The van der Waals surface area contributed by atoms with Gasteiger partial charge in [-0.05, 0) is 62.7 Å². The Bertz CT molecular complexity index is 308. The Labute approximate surface area is 105 Å². The number of hydrogen-bond donors (Lipinski definition) is 2. The van der Waals surface area contributed by atoms with Crippen LogP contribution >= 0.6 is 0 Å². The van der Waals surface area contributed by atoms with Crippen LogP contribution in [0.2, 0.25) is 0 Å². The molecule has 2 fully saturated rings. The number of hydrogen-bond acceptors (Lipinski definition) is 2. The van der Waals surface area contributed by atoms with Crippen LogP contribution in [0, 0.1) is 17.3 Å². The molecule has 2 heteroatoms. The molecule has 0 unspecified atom stereocenters. The molecule has 98 valence electrons. The molecule has 2 saturated carbocycles.